The zero-order valence-corrected chi connectivity index (χ0v) is 12.8. The molecule has 0 atom stereocenters. The summed E-state index contributed by atoms with van der Waals surface area (Å²) < 4.78 is 11.0. The Balaban J connectivity index is 4.34. The fourth-order valence-electron chi connectivity index (χ4n) is 1.75. The number of hydrogen-bond acceptors (Lipinski definition) is 4. The van der Waals surface area contributed by atoms with Gasteiger partial charge >= 0.3 is 9.36 Å². The van der Waals surface area contributed by atoms with Crippen molar-refractivity contribution in [3.8, 4) is 0 Å². The van der Waals surface area contributed by atoms with Crippen LogP contribution in [0.4, 0.5) is 0 Å². The fourth-order valence-corrected chi connectivity index (χ4v) is 4.15. The molecule has 0 aliphatic rings. The van der Waals surface area contributed by atoms with Crippen molar-refractivity contribution in [2.45, 2.75) is 34.6 Å². The molecule has 0 aliphatic heterocycles. The molecule has 0 fully saturated rings. The van der Waals surface area contributed by atoms with Crippen molar-refractivity contribution in [3.63, 3.8) is 0 Å². The number of nitrogens with zero attached hydrogens (tertiary/aromatic N) is 2. The third-order valence-corrected chi connectivity index (χ3v) is 6.01. The van der Waals surface area contributed by atoms with E-state index in [9.17, 15) is 0 Å². The molecule has 1 N–H and O–H groups in total. The molecule has 0 radical (unpaired) electrons. The standard InChI is InChI=1S/C11H29N3OSi/c1-6-12-11-15-16(13(7-2)8-3)14(9-4)10-5/h12,16H,6-11H2,1-5H3. The normalized spacial score (nSPS) is 12.0. The second kappa shape index (κ2) is 10.2. The summed E-state index contributed by atoms with van der Waals surface area (Å²) in [5.41, 5.74) is 0. The summed E-state index contributed by atoms with van der Waals surface area (Å²) in [5, 5.41) is 3.24. The van der Waals surface area contributed by atoms with Gasteiger partial charge in [0, 0.05) is 0 Å². The molecule has 5 heteroatoms. The van der Waals surface area contributed by atoms with E-state index in [0.29, 0.717) is 6.73 Å². The molecule has 16 heavy (non-hydrogen) atoms. The maximum Gasteiger partial charge on any atom is 0.341 e. The van der Waals surface area contributed by atoms with Crippen LogP contribution in [0.25, 0.3) is 0 Å². The summed E-state index contributed by atoms with van der Waals surface area (Å²) in [5.74, 6) is 0. The van der Waals surface area contributed by atoms with Gasteiger partial charge in [-0.1, -0.05) is 34.6 Å². The molecule has 0 aliphatic carbocycles. The summed E-state index contributed by atoms with van der Waals surface area (Å²) in [6.07, 6.45) is 0. The van der Waals surface area contributed by atoms with Crippen molar-refractivity contribution in [2.75, 3.05) is 39.5 Å². The molecule has 0 amide bonds. The summed E-state index contributed by atoms with van der Waals surface area (Å²) in [4.78, 5) is 0. The van der Waals surface area contributed by atoms with Crippen molar-refractivity contribution in [1.82, 2.24) is 14.4 Å². The average molecular weight is 247 g/mol. The zero-order chi connectivity index (χ0) is 12.4. The second-order valence-electron chi connectivity index (χ2n) is 3.68. The molecule has 0 saturated heterocycles. The molecule has 0 saturated carbocycles. The Kier molecular flexibility index (Phi) is 10.3. The van der Waals surface area contributed by atoms with E-state index in [1.165, 1.54) is 0 Å². The van der Waals surface area contributed by atoms with Gasteiger partial charge in [0.2, 0.25) is 0 Å². The third kappa shape index (κ3) is 5.40. The lowest BCUT2D eigenvalue weighted by molar-refractivity contribution is 0.193. The van der Waals surface area contributed by atoms with Crippen LogP contribution in [0.5, 0.6) is 0 Å². The lowest BCUT2D eigenvalue weighted by Gasteiger charge is -2.35. The molecule has 0 heterocycles. The van der Waals surface area contributed by atoms with Crippen molar-refractivity contribution in [3.05, 3.63) is 0 Å². The number of rotatable bonds is 10. The van der Waals surface area contributed by atoms with Crippen LogP contribution in [-0.4, -0.2) is 57.9 Å². The van der Waals surface area contributed by atoms with Gasteiger partial charge in [0.05, 0.1) is 6.73 Å². The van der Waals surface area contributed by atoms with E-state index >= 15 is 0 Å². The SMILES string of the molecule is CCNCO[SiH](N(CC)CC)N(CC)CC. The summed E-state index contributed by atoms with van der Waals surface area (Å²) in [7, 11) is -1.39. The maximum atomic E-state index is 6.05. The minimum atomic E-state index is -1.39. The predicted molar refractivity (Wildman–Crippen MR) is 72.6 cm³/mol. The smallest absolute Gasteiger partial charge is 0.341 e. The third-order valence-electron chi connectivity index (χ3n) is 2.83. The lowest BCUT2D eigenvalue weighted by Crippen LogP contribution is -2.55. The minimum Gasteiger partial charge on any atom is -0.380 e. The number of nitrogens with one attached hydrogen (secondary N) is 1. The molecule has 0 aromatic carbocycles. The summed E-state index contributed by atoms with van der Waals surface area (Å²) >= 11 is 0. The highest BCUT2D eigenvalue weighted by molar-refractivity contribution is 6.45. The van der Waals surface area contributed by atoms with Crippen molar-refractivity contribution in [1.29, 1.82) is 0 Å². The molecule has 4 nitrogen and oxygen atoms in total. The molecule has 0 spiro atoms. The molecule has 0 aromatic heterocycles. The fraction of sp³-hybridized carbons (Fsp3) is 1.00. The van der Waals surface area contributed by atoms with Crippen LogP contribution >= 0.6 is 0 Å². The Morgan fingerprint density at radius 2 is 1.31 bits per heavy atom. The highest BCUT2D eigenvalue weighted by Gasteiger charge is 2.25. The highest BCUT2D eigenvalue weighted by Crippen LogP contribution is 2.03. The lowest BCUT2D eigenvalue weighted by atomic mass is 10.7. The first-order valence-corrected chi connectivity index (χ1v) is 8.05. The van der Waals surface area contributed by atoms with Gasteiger partial charge in [-0.15, -0.1) is 0 Å². The van der Waals surface area contributed by atoms with E-state index in [2.05, 4.69) is 49.1 Å². The molecule has 0 bridgehead atoms. The van der Waals surface area contributed by atoms with Gasteiger partial charge in [-0.2, -0.15) is 0 Å². The van der Waals surface area contributed by atoms with Gasteiger partial charge in [-0.05, 0) is 32.7 Å². The van der Waals surface area contributed by atoms with Gasteiger partial charge in [0.1, 0.15) is 0 Å². The van der Waals surface area contributed by atoms with Crippen molar-refractivity contribution >= 4 is 9.36 Å². The van der Waals surface area contributed by atoms with E-state index in [1.54, 1.807) is 0 Å². The van der Waals surface area contributed by atoms with Gasteiger partial charge in [0.15, 0.2) is 0 Å². The Morgan fingerprint density at radius 1 is 0.875 bits per heavy atom. The Bertz CT molecular complexity index is 140. The first-order chi connectivity index (χ1) is 7.74. The number of hydrogen-bond donors (Lipinski definition) is 1. The van der Waals surface area contributed by atoms with Crippen LogP contribution in [-0.2, 0) is 4.43 Å². The summed E-state index contributed by atoms with van der Waals surface area (Å²) in [6, 6.07) is 0. The average Bonchev–Trinajstić information content (AvgIpc) is 2.31. The minimum absolute atomic E-state index is 0.681. The zero-order valence-electron chi connectivity index (χ0n) is 11.6. The molecular formula is C11H29N3OSi. The van der Waals surface area contributed by atoms with E-state index in [-0.39, 0.29) is 0 Å². The van der Waals surface area contributed by atoms with E-state index < -0.39 is 9.36 Å². The monoisotopic (exact) mass is 247 g/mol. The molecule has 0 rings (SSSR count). The quantitative estimate of drug-likeness (QED) is 0.354. The molecule has 0 unspecified atom stereocenters. The predicted octanol–water partition coefficient (Wildman–Crippen LogP) is 0.971. The van der Waals surface area contributed by atoms with Gasteiger partial charge in [0.25, 0.3) is 0 Å². The summed E-state index contributed by atoms with van der Waals surface area (Å²) in [6.45, 7) is 16.9. The van der Waals surface area contributed by atoms with Gasteiger partial charge in [-0.25, -0.2) is 0 Å². The topological polar surface area (TPSA) is 27.7 Å². The van der Waals surface area contributed by atoms with Crippen LogP contribution < -0.4 is 5.32 Å². The van der Waals surface area contributed by atoms with E-state index in [1.807, 2.05) is 0 Å². The van der Waals surface area contributed by atoms with Crippen LogP contribution in [0, 0.1) is 0 Å². The van der Waals surface area contributed by atoms with Crippen LogP contribution in [0.1, 0.15) is 34.6 Å². The van der Waals surface area contributed by atoms with Crippen LogP contribution in [0.3, 0.4) is 0 Å². The van der Waals surface area contributed by atoms with Crippen LogP contribution in [0.15, 0.2) is 0 Å². The Morgan fingerprint density at radius 3 is 1.62 bits per heavy atom. The van der Waals surface area contributed by atoms with Crippen molar-refractivity contribution in [2.24, 2.45) is 0 Å². The largest absolute Gasteiger partial charge is 0.380 e. The van der Waals surface area contributed by atoms with Gasteiger partial charge in [-0.3, -0.25) is 14.4 Å². The Hall–Kier alpha value is 0.0569. The second-order valence-corrected chi connectivity index (χ2v) is 6.13. The first-order valence-electron chi connectivity index (χ1n) is 6.55. The van der Waals surface area contributed by atoms with Crippen LogP contribution in [0.2, 0.25) is 0 Å². The molecule has 0 aromatic rings. The van der Waals surface area contributed by atoms with Gasteiger partial charge < -0.3 is 4.43 Å². The Labute approximate surface area is 103 Å². The highest BCUT2D eigenvalue weighted by atomic mass is 28.3. The molecular weight excluding hydrogens is 218 g/mol. The first kappa shape index (κ1) is 16.1. The molecule has 98 valence electrons. The maximum absolute atomic E-state index is 6.05. The van der Waals surface area contributed by atoms with E-state index in [0.717, 1.165) is 32.7 Å². The van der Waals surface area contributed by atoms with Crippen molar-refractivity contribution < 1.29 is 4.43 Å². The van der Waals surface area contributed by atoms with E-state index in [4.69, 9.17) is 4.43 Å².